The van der Waals surface area contributed by atoms with Crippen LogP contribution in [0, 0.1) is 5.41 Å². The van der Waals surface area contributed by atoms with E-state index in [1.165, 1.54) is 51.7 Å². The lowest BCUT2D eigenvalue weighted by atomic mass is 9.86. The van der Waals surface area contributed by atoms with E-state index in [1.54, 1.807) is 0 Å². The number of hydrogen-bond donors (Lipinski definition) is 1. The summed E-state index contributed by atoms with van der Waals surface area (Å²) >= 11 is 0. The van der Waals surface area contributed by atoms with E-state index in [1.807, 2.05) is 0 Å². The first kappa shape index (κ1) is 12.4. The van der Waals surface area contributed by atoms with E-state index in [0.29, 0.717) is 11.5 Å². The topological polar surface area (TPSA) is 15.3 Å². The molecule has 2 fully saturated rings. The van der Waals surface area contributed by atoms with Gasteiger partial charge >= 0.3 is 0 Å². The van der Waals surface area contributed by atoms with E-state index in [4.69, 9.17) is 0 Å². The highest BCUT2D eigenvalue weighted by atomic mass is 15.2. The molecular weight excluding hydrogens is 196 g/mol. The van der Waals surface area contributed by atoms with E-state index >= 15 is 0 Å². The molecule has 2 nitrogen and oxygen atoms in total. The van der Waals surface area contributed by atoms with E-state index in [2.05, 4.69) is 31.0 Å². The van der Waals surface area contributed by atoms with E-state index in [-0.39, 0.29) is 0 Å². The molecule has 1 aliphatic carbocycles. The molecule has 2 aliphatic rings. The van der Waals surface area contributed by atoms with Gasteiger partial charge in [-0.3, -0.25) is 4.90 Å². The molecule has 0 radical (unpaired) electrons. The minimum atomic E-state index is 0.489. The fourth-order valence-corrected chi connectivity index (χ4v) is 3.54. The highest BCUT2D eigenvalue weighted by molar-refractivity contribution is 5.01. The molecule has 94 valence electrons. The van der Waals surface area contributed by atoms with E-state index < -0.39 is 0 Å². The second-order valence-corrected chi connectivity index (χ2v) is 6.27. The Bertz CT molecular complexity index is 219. The minimum Gasteiger partial charge on any atom is -0.312 e. The highest BCUT2D eigenvalue weighted by Crippen LogP contribution is 2.40. The zero-order valence-electron chi connectivity index (χ0n) is 11.3. The predicted octanol–water partition coefficient (Wildman–Crippen LogP) is 2.64. The molecule has 2 heteroatoms. The molecule has 0 amide bonds. The third-order valence-electron chi connectivity index (χ3n) is 4.54. The molecule has 1 saturated carbocycles. The van der Waals surface area contributed by atoms with Gasteiger partial charge in [-0.25, -0.2) is 0 Å². The molecule has 1 saturated heterocycles. The SMILES string of the molecule is CCCNC1C(N2CCCC2)CCC1(C)C. The first-order chi connectivity index (χ1) is 7.65. The van der Waals surface area contributed by atoms with Crippen LogP contribution in [0.2, 0.25) is 0 Å². The Morgan fingerprint density at radius 2 is 1.94 bits per heavy atom. The molecule has 0 aromatic heterocycles. The number of nitrogens with one attached hydrogen (secondary N) is 1. The molecule has 0 spiro atoms. The summed E-state index contributed by atoms with van der Waals surface area (Å²) < 4.78 is 0. The molecule has 2 unspecified atom stereocenters. The summed E-state index contributed by atoms with van der Waals surface area (Å²) in [7, 11) is 0. The van der Waals surface area contributed by atoms with Gasteiger partial charge in [-0.15, -0.1) is 0 Å². The molecule has 0 bridgehead atoms. The zero-order valence-corrected chi connectivity index (χ0v) is 11.3. The van der Waals surface area contributed by atoms with Gasteiger partial charge in [0.25, 0.3) is 0 Å². The van der Waals surface area contributed by atoms with Crippen LogP contribution in [0.25, 0.3) is 0 Å². The van der Waals surface area contributed by atoms with Gasteiger partial charge in [-0.2, -0.15) is 0 Å². The Balaban J connectivity index is 2.00. The van der Waals surface area contributed by atoms with Crippen LogP contribution >= 0.6 is 0 Å². The van der Waals surface area contributed by atoms with Crippen molar-refractivity contribution in [1.82, 2.24) is 10.2 Å². The van der Waals surface area contributed by atoms with Crippen molar-refractivity contribution in [2.24, 2.45) is 5.41 Å². The number of nitrogens with zero attached hydrogens (tertiary/aromatic N) is 1. The van der Waals surface area contributed by atoms with Crippen LogP contribution < -0.4 is 5.32 Å². The van der Waals surface area contributed by atoms with Gasteiger partial charge in [0.15, 0.2) is 0 Å². The van der Waals surface area contributed by atoms with Gasteiger partial charge in [-0.1, -0.05) is 20.8 Å². The number of likely N-dealkylation sites (tertiary alicyclic amines) is 1. The molecule has 1 heterocycles. The monoisotopic (exact) mass is 224 g/mol. The highest BCUT2D eigenvalue weighted by Gasteiger charge is 2.44. The van der Waals surface area contributed by atoms with Crippen molar-refractivity contribution in [2.45, 2.75) is 65.0 Å². The van der Waals surface area contributed by atoms with Crippen LogP contribution in [-0.4, -0.2) is 36.6 Å². The molecule has 2 atom stereocenters. The Morgan fingerprint density at radius 3 is 2.56 bits per heavy atom. The predicted molar refractivity (Wildman–Crippen MR) is 69.7 cm³/mol. The van der Waals surface area contributed by atoms with Crippen molar-refractivity contribution in [3.05, 3.63) is 0 Å². The molecule has 2 rings (SSSR count). The van der Waals surface area contributed by atoms with Crippen molar-refractivity contribution in [2.75, 3.05) is 19.6 Å². The van der Waals surface area contributed by atoms with Crippen LogP contribution in [0.5, 0.6) is 0 Å². The van der Waals surface area contributed by atoms with E-state index in [9.17, 15) is 0 Å². The summed E-state index contributed by atoms with van der Waals surface area (Å²) in [5.74, 6) is 0. The first-order valence-corrected chi connectivity index (χ1v) is 7.12. The van der Waals surface area contributed by atoms with Gasteiger partial charge < -0.3 is 5.32 Å². The van der Waals surface area contributed by atoms with Gasteiger partial charge in [-0.05, 0) is 57.2 Å². The first-order valence-electron chi connectivity index (χ1n) is 7.12. The van der Waals surface area contributed by atoms with Crippen molar-refractivity contribution < 1.29 is 0 Å². The largest absolute Gasteiger partial charge is 0.312 e. The Morgan fingerprint density at radius 1 is 1.25 bits per heavy atom. The fourth-order valence-electron chi connectivity index (χ4n) is 3.54. The summed E-state index contributed by atoms with van der Waals surface area (Å²) in [4.78, 5) is 2.74. The quantitative estimate of drug-likeness (QED) is 0.790. The van der Waals surface area contributed by atoms with Crippen molar-refractivity contribution in [1.29, 1.82) is 0 Å². The lowest BCUT2D eigenvalue weighted by Crippen LogP contribution is -2.51. The number of rotatable bonds is 4. The lowest BCUT2D eigenvalue weighted by Gasteiger charge is -2.36. The minimum absolute atomic E-state index is 0.489. The standard InChI is InChI=1S/C14H28N2/c1-4-9-15-13-12(7-8-14(13,2)3)16-10-5-6-11-16/h12-13,15H,4-11H2,1-3H3. The Kier molecular flexibility index (Phi) is 3.91. The summed E-state index contributed by atoms with van der Waals surface area (Å²) in [6, 6.07) is 1.52. The summed E-state index contributed by atoms with van der Waals surface area (Å²) in [5, 5.41) is 3.81. The maximum absolute atomic E-state index is 3.81. The summed E-state index contributed by atoms with van der Waals surface area (Å²) in [6.45, 7) is 11.0. The molecular formula is C14H28N2. The maximum Gasteiger partial charge on any atom is 0.0274 e. The molecule has 1 aliphatic heterocycles. The Hall–Kier alpha value is -0.0800. The van der Waals surface area contributed by atoms with Crippen molar-refractivity contribution >= 4 is 0 Å². The molecule has 0 aromatic rings. The second kappa shape index (κ2) is 5.05. The van der Waals surface area contributed by atoms with E-state index in [0.717, 1.165) is 6.04 Å². The van der Waals surface area contributed by atoms with Crippen LogP contribution in [-0.2, 0) is 0 Å². The normalized spacial score (nSPS) is 34.7. The Labute approximate surface area is 101 Å². The average molecular weight is 224 g/mol. The number of hydrogen-bond acceptors (Lipinski definition) is 2. The molecule has 0 aromatic carbocycles. The van der Waals surface area contributed by atoms with Crippen molar-refractivity contribution in [3.8, 4) is 0 Å². The van der Waals surface area contributed by atoms with Gasteiger partial charge in [0.05, 0.1) is 0 Å². The van der Waals surface area contributed by atoms with Gasteiger partial charge in [0.1, 0.15) is 0 Å². The molecule has 1 N–H and O–H groups in total. The summed E-state index contributed by atoms with van der Waals surface area (Å²) in [5.41, 5.74) is 0.489. The van der Waals surface area contributed by atoms with Gasteiger partial charge in [0, 0.05) is 12.1 Å². The van der Waals surface area contributed by atoms with Crippen LogP contribution in [0.3, 0.4) is 0 Å². The summed E-state index contributed by atoms with van der Waals surface area (Å²) in [6.07, 6.45) is 6.86. The lowest BCUT2D eigenvalue weighted by molar-refractivity contribution is 0.170. The maximum atomic E-state index is 3.81. The smallest absolute Gasteiger partial charge is 0.0274 e. The zero-order chi connectivity index (χ0) is 11.6. The second-order valence-electron chi connectivity index (χ2n) is 6.27. The third kappa shape index (κ3) is 2.43. The van der Waals surface area contributed by atoms with Crippen molar-refractivity contribution in [3.63, 3.8) is 0 Å². The van der Waals surface area contributed by atoms with Crippen LogP contribution in [0.4, 0.5) is 0 Å². The van der Waals surface area contributed by atoms with Crippen LogP contribution in [0.15, 0.2) is 0 Å². The molecule has 16 heavy (non-hydrogen) atoms. The third-order valence-corrected chi connectivity index (χ3v) is 4.54. The average Bonchev–Trinajstić information content (AvgIpc) is 2.83. The van der Waals surface area contributed by atoms with Gasteiger partial charge in [0.2, 0.25) is 0 Å². The fraction of sp³-hybridized carbons (Fsp3) is 1.00. The van der Waals surface area contributed by atoms with Crippen LogP contribution in [0.1, 0.15) is 52.9 Å².